The molecule has 9 nitrogen and oxygen atoms in total. The molecule has 0 saturated carbocycles. The fourth-order valence-electron chi connectivity index (χ4n) is 3.02. The monoisotopic (exact) mass is 342 g/mol. The zero-order valence-corrected chi connectivity index (χ0v) is 13.5. The third-order valence-electron chi connectivity index (χ3n) is 4.26. The van der Waals surface area contributed by atoms with Crippen LogP contribution in [0.2, 0.25) is 0 Å². The van der Waals surface area contributed by atoms with Gasteiger partial charge in [-0.05, 0) is 25.0 Å². The van der Waals surface area contributed by atoms with E-state index in [1.807, 2.05) is 4.68 Å². The maximum absolute atomic E-state index is 12.4. The van der Waals surface area contributed by atoms with E-state index in [0.29, 0.717) is 24.7 Å². The summed E-state index contributed by atoms with van der Waals surface area (Å²) >= 11 is 0. The highest BCUT2D eigenvalue weighted by atomic mass is 16.5. The average molecular weight is 342 g/mol. The first-order chi connectivity index (χ1) is 12.2. The van der Waals surface area contributed by atoms with E-state index >= 15 is 0 Å². The lowest BCUT2D eigenvalue weighted by molar-refractivity contribution is -0.117. The Morgan fingerprint density at radius 2 is 2.12 bits per heavy atom. The standard InChI is InChI=1S/C16H18N6O3/c23-15(11-21-16(24)20-8-2-1-3-14(20)19-21)18-13-4-7-17-22(13)12-5-9-25-10-6-12/h1-4,7-8,12H,5-6,9-11H2,(H,18,23). The molecular formula is C16H18N6O3. The average Bonchev–Trinajstić information content (AvgIpc) is 3.21. The molecule has 0 aromatic carbocycles. The van der Waals surface area contributed by atoms with Crippen molar-refractivity contribution in [2.75, 3.05) is 18.5 Å². The van der Waals surface area contributed by atoms with E-state index in [4.69, 9.17) is 4.74 Å². The molecular weight excluding hydrogens is 324 g/mol. The number of rotatable bonds is 4. The number of nitrogens with one attached hydrogen (secondary N) is 1. The Bertz CT molecular complexity index is 950. The van der Waals surface area contributed by atoms with Crippen molar-refractivity contribution in [3.8, 4) is 0 Å². The van der Waals surface area contributed by atoms with Crippen LogP contribution in [-0.2, 0) is 16.1 Å². The number of ether oxygens (including phenoxy) is 1. The van der Waals surface area contributed by atoms with Crippen molar-refractivity contribution in [3.05, 3.63) is 47.1 Å². The number of pyridine rings is 1. The molecule has 9 heteroatoms. The normalized spacial score (nSPS) is 15.5. The second-order valence-corrected chi connectivity index (χ2v) is 5.92. The van der Waals surface area contributed by atoms with Gasteiger partial charge in [-0.15, -0.1) is 5.10 Å². The van der Waals surface area contributed by atoms with Crippen LogP contribution in [-0.4, -0.2) is 43.1 Å². The fourth-order valence-corrected chi connectivity index (χ4v) is 3.02. The maximum atomic E-state index is 12.4. The van der Waals surface area contributed by atoms with Crippen LogP contribution in [0.1, 0.15) is 18.9 Å². The summed E-state index contributed by atoms with van der Waals surface area (Å²) in [5.74, 6) is 0.299. The second-order valence-electron chi connectivity index (χ2n) is 5.92. The molecule has 3 aromatic heterocycles. The van der Waals surface area contributed by atoms with Crippen LogP contribution >= 0.6 is 0 Å². The number of amides is 1. The van der Waals surface area contributed by atoms with Gasteiger partial charge in [0.1, 0.15) is 12.4 Å². The van der Waals surface area contributed by atoms with Crippen molar-refractivity contribution in [1.82, 2.24) is 24.0 Å². The quantitative estimate of drug-likeness (QED) is 0.752. The van der Waals surface area contributed by atoms with Gasteiger partial charge in [0.15, 0.2) is 5.65 Å². The zero-order valence-electron chi connectivity index (χ0n) is 13.5. The van der Waals surface area contributed by atoms with Gasteiger partial charge in [0, 0.05) is 25.5 Å². The molecule has 0 spiro atoms. The summed E-state index contributed by atoms with van der Waals surface area (Å²) in [5.41, 5.74) is 0.163. The minimum absolute atomic E-state index is 0.153. The molecule has 0 radical (unpaired) electrons. The van der Waals surface area contributed by atoms with Crippen LogP contribution in [0.15, 0.2) is 41.5 Å². The Morgan fingerprint density at radius 3 is 2.92 bits per heavy atom. The molecule has 130 valence electrons. The van der Waals surface area contributed by atoms with E-state index < -0.39 is 0 Å². The molecule has 0 bridgehead atoms. The summed E-state index contributed by atoms with van der Waals surface area (Å²) in [6.45, 7) is 1.22. The Kier molecular flexibility index (Phi) is 4.06. The molecule has 1 amide bonds. The van der Waals surface area contributed by atoms with Gasteiger partial charge in [-0.2, -0.15) is 5.10 Å². The van der Waals surface area contributed by atoms with Crippen molar-refractivity contribution < 1.29 is 9.53 Å². The Balaban J connectivity index is 1.50. The van der Waals surface area contributed by atoms with Crippen molar-refractivity contribution in [3.63, 3.8) is 0 Å². The Hall–Kier alpha value is -2.94. The van der Waals surface area contributed by atoms with Crippen molar-refractivity contribution >= 4 is 17.4 Å². The van der Waals surface area contributed by atoms with Gasteiger partial charge >= 0.3 is 5.69 Å². The number of aromatic nitrogens is 5. The molecule has 1 aliphatic heterocycles. The zero-order chi connectivity index (χ0) is 17.2. The Morgan fingerprint density at radius 1 is 1.28 bits per heavy atom. The van der Waals surface area contributed by atoms with E-state index in [-0.39, 0.29) is 24.2 Å². The van der Waals surface area contributed by atoms with Crippen molar-refractivity contribution in [2.45, 2.75) is 25.4 Å². The highest BCUT2D eigenvalue weighted by molar-refractivity contribution is 5.89. The highest BCUT2D eigenvalue weighted by Gasteiger charge is 2.20. The first-order valence-electron chi connectivity index (χ1n) is 8.18. The van der Waals surface area contributed by atoms with E-state index in [1.54, 1.807) is 36.7 Å². The van der Waals surface area contributed by atoms with E-state index in [9.17, 15) is 9.59 Å². The van der Waals surface area contributed by atoms with Gasteiger partial charge < -0.3 is 10.1 Å². The van der Waals surface area contributed by atoms with Crippen LogP contribution in [0.5, 0.6) is 0 Å². The summed E-state index contributed by atoms with van der Waals surface area (Å²) in [4.78, 5) is 24.6. The molecule has 1 fully saturated rings. The molecule has 1 saturated heterocycles. The molecule has 4 heterocycles. The number of nitrogens with zero attached hydrogens (tertiary/aromatic N) is 5. The highest BCUT2D eigenvalue weighted by Crippen LogP contribution is 2.23. The third kappa shape index (κ3) is 3.05. The number of fused-ring (bicyclic) bond motifs is 1. The van der Waals surface area contributed by atoms with Crippen LogP contribution < -0.4 is 11.0 Å². The molecule has 0 unspecified atom stereocenters. The van der Waals surface area contributed by atoms with Gasteiger partial charge in [0.05, 0.1) is 12.2 Å². The number of anilines is 1. The van der Waals surface area contributed by atoms with Gasteiger partial charge in [0.2, 0.25) is 5.91 Å². The lowest BCUT2D eigenvalue weighted by atomic mass is 10.1. The van der Waals surface area contributed by atoms with E-state index in [2.05, 4.69) is 15.5 Å². The Labute approximate surface area is 142 Å². The van der Waals surface area contributed by atoms with Crippen LogP contribution in [0.4, 0.5) is 5.82 Å². The first kappa shape index (κ1) is 15.6. The summed E-state index contributed by atoms with van der Waals surface area (Å²) < 4.78 is 9.73. The maximum Gasteiger partial charge on any atom is 0.350 e. The fraction of sp³-hybridized carbons (Fsp3) is 0.375. The minimum atomic E-state index is -0.344. The van der Waals surface area contributed by atoms with Crippen molar-refractivity contribution in [1.29, 1.82) is 0 Å². The molecule has 1 N–H and O–H groups in total. The number of carbonyl (C=O) groups excluding carboxylic acids is 1. The van der Waals surface area contributed by atoms with Crippen LogP contribution in [0.3, 0.4) is 0 Å². The van der Waals surface area contributed by atoms with Crippen molar-refractivity contribution in [2.24, 2.45) is 0 Å². The predicted octanol–water partition coefficient (Wildman–Crippen LogP) is 0.683. The number of hydrogen-bond donors (Lipinski definition) is 1. The summed E-state index contributed by atoms with van der Waals surface area (Å²) in [6.07, 6.45) is 4.99. The minimum Gasteiger partial charge on any atom is -0.381 e. The van der Waals surface area contributed by atoms with Gasteiger partial charge in [-0.3, -0.25) is 9.20 Å². The van der Waals surface area contributed by atoms with Gasteiger partial charge in [0.25, 0.3) is 0 Å². The van der Waals surface area contributed by atoms with E-state index in [0.717, 1.165) is 17.5 Å². The number of hydrogen-bond acceptors (Lipinski definition) is 5. The first-order valence-corrected chi connectivity index (χ1v) is 8.18. The smallest absolute Gasteiger partial charge is 0.350 e. The predicted molar refractivity (Wildman–Crippen MR) is 89.4 cm³/mol. The van der Waals surface area contributed by atoms with Gasteiger partial charge in [-0.1, -0.05) is 6.07 Å². The van der Waals surface area contributed by atoms with Crippen LogP contribution in [0.25, 0.3) is 5.65 Å². The molecule has 1 aliphatic rings. The summed E-state index contributed by atoms with van der Waals surface area (Å²) in [5, 5.41) is 11.3. The molecule has 0 atom stereocenters. The summed E-state index contributed by atoms with van der Waals surface area (Å²) in [6, 6.07) is 7.21. The van der Waals surface area contributed by atoms with Gasteiger partial charge in [-0.25, -0.2) is 14.2 Å². The molecule has 0 aliphatic carbocycles. The van der Waals surface area contributed by atoms with Crippen LogP contribution in [0, 0.1) is 0 Å². The third-order valence-corrected chi connectivity index (χ3v) is 4.26. The SMILES string of the molecule is O=C(Cn1nc2ccccn2c1=O)Nc1ccnn1C1CCOCC1. The lowest BCUT2D eigenvalue weighted by Gasteiger charge is -2.24. The number of carbonyl (C=O) groups is 1. The molecule has 25 heavy (non-hydrogen) atoms. The van der Waals surface area contributed by atoms with E-state index in [1.165, 1.54) is 4.40 Å². The molecule has 3 aromatic rings. The molecule has 4 rings (SSSR count). The second kappa shape index (κ2) is 6.52. The largest absolute Gasteiger partial charge is 0.381 e. The lowest BCUT2D eigenvalue weighted by Crippen LogP contribution is -2.29. The summed E-state index contributed by atoms with van der Waals surface area (Å²) in [7, 11) is 0. The topological polar surface area (TPSA) is 95.5 Å².